The molecule has 0 aromatic heterocycles. The zero-order valence-corrected chi connectivity index (χ0v) is 23.6. The molecule has 0 amide bonds. The first-order valence-corrected chi connectivity index (χ1v) is 19.6. The SMILES string of the molecule is CCCCCCCC[P+](CCCCCCCC)(CCCCCCCC)C[SiH](C)C. The smallest absolute Gasteiger partial charge is 0.0689 e. The predicted molar refractivity (Wildman–Crippen MR) is 145 cm³/mol. The van der Waals surface area contributed by atoms with Crippen LogP contribution in [0, 0.1) is 0 Å². The second kappa shape index (κ2) is 21.9. The highest BCUT2D eigenvalue weighted by Crippen LogP contribution is 2.61. The highest BCUT2D eigenvalue weighted by atomic mass is 31.2. The molecular formula is C27H60PSi+. The maximum absolute atomic E-state index is 2.64. The molecule has 2 heteroatoms. The maximum atomic E-state index is 2.64. The van der Waals surface area contributed by atoms with Crippen LogP contribution in [-0.4, -0.2) is 33.1 Å². The van der Waals surface area contributed by atoms with Crippen molar-refractivity contribution in [2.24, 2.45) is 0 Å². The summed E-state index contributed by atoms with van der Waals surface area (Å²) < 4.78 is 0. The van der Waals surface area contributed by atoms with Crippen molar-refractivity contribution in [1.82, 2.24) is 0 Å². The van der Waals surface area contributed by atoms with E-state index in [-0.39, 0.29) is 0 Å². The molecule has 0 N–H and O–H groups in total. The second-order valence-electron chi connectivity index (χ2n) is 10.4. The van der Waals surface area contributed by atoms with Crippen LogP contribution in [0.1, 0.15) is 136 Å². The van der Waals surface area contributed by atoms with Gasteiger partial charge in [0.25, 0.3) is 0 Å². The van der Waals surface area contributed by atoms with E-state index in [1.807, 2.05) is 0 Å². The molecule has 0 spiro atoms. The van der Waals surface area contributed by atoms with Crippen molar-refractivity contribution in [2.45, 2.75) is 149 Å². The fourth-order valence-electron chi connectivity index (χ4n) is 5.07. The van der Waals surface area contributed by atoms with Crippen molar-refractivity contribution in [3.63, 3.8) is 0 Å². The Bertz CT molecular complexity index is 275. The van der Waals surface area contributed by atoms with Crippen molar-refractivity contribution in [3.05, 3.63) is 0 Å². The Labute approximate surface area is 189 Å². The van der Waals surface area contributed by atoms with Crippen LogP contribution in [0.3, 0.4) is 0 Å². The minimum Gasteiger partial charge on any atom is -0.0689 e. The average Bonchev–Trinajstić information content (AvgIpc) is 2.69. The first kappa shape index (κ1) is 29.6. The molecule has 0 bridgehead atoms. The van der Waals surface area contributed by atoms with Gasteiger partial charge < -0.3 is 0 Å². The zero-order valence-electron chi connectivity index (χ0n) is 21.6. The zero-order chi connectivity index (χ0) is 21.6. The Balaban J connectivity index is 4.57. The van der Waals surface area contributed by atoms with Crippen LogP contribution in [0.25, 0.3) is 0 Å². The van der Waals surface area contributed by atoms with Crippen molar-refractivity contribution < 1.29 is 0 Å². The van der Waals surface area contributed by atoms with Gasteiger partial charge in [-0.05, 0) is 38.5 Å². The van der Waals surface area contributed by atoms with Gasteiger partial charge >= 0.3 is 0 Å². The molecular weight excluding hydrogens is 383 g/mol. The van der Waals surface area contributed by atoms with E-state index in [9.17, 15) is 0 Å². The third kappa shape index (κ3) is 19.1. The number of unbranched alkanes of at least 4 members (excludes halogenated alkanes) is 15. The van der Waals surface area contributed by atoms with Crippen LogP contribution in [0.5, 0.6) is 0 Å². The molecule has 0 atom stereocenters. The van der Waals surface area contributed by atoms with Gasteiger partial charge in [-0.2, -0.15) is 0 Å². The standard InChI is InChI=1S/C27H60PSi/c1-6-9-12-15-18-21-24-28(27-29(4)5,25-22-19-16-13-10-7-2)26-23-20-17-14-11-8-3/h29H,6-27H2,1-5H3/q+1. The summed E-state index contributed by atoms with van der Waals surface area (Å²) in [5.74, 6) is 1.73. The maximum Gasteiger partial charge on any atom is 0.0760 e. The molecule has 0 aliphatic heterocycles. The Morgan fingerprint density at radius 3 is 0.966 bits per heavy atom. The summed E-state index contributed by atoms with van der Waals surface area (Å²) in [7, 11) is -1.11. The molecule has 0 rings (SSSR count). The lowest BCUT2D eigenvalue weighted by Crippen LogP contribution is -2.21. The molecule has 0 saturated carbocycles. The Morgan fingerprint density at radius 2 is 0.690 bits per heavy atom. The van der Waals surface area contributed by atoms with Gasteiger partial charge in [0.15, 0.2) is 0 Å². The molecule has 0 radical (unpaired) electrons. The number of hydrogen-bond acceptors (Lipinski definition) is 0. The van der Waals surface area contributed by atoms with Gasteiger partial charge in [0.05, 0.1) is 27.3 Å². The van der Waals surface area contributed by atoms with E-state index in [2.05, 4.69) is 33.9 Å². The topological polar surface area (TPSA) is 0 Å². The Morgan fingerprint density at radius 1 is 0.414 bits per heavy atom. The number of hydrogen-bond donors (Lipinski definition) is 0. The summed E-state index contributed by atoms with van der Waals surface area (Å²) in [6.07, 6.45) is 31.7. The van der Waals surface area contributed by atoms with Crippen LogP contribution < -0.4 is 0 Å². The van der Waals surface area contributed by atoms with Crippen molar-refractivity contribution in [3.8, 4) is 0 Å². The minimum atomic E-state index is -0.657. The lowest BCUT2D eigenvalue weighted by atomic mass is 10.1. The van der Waals surface area contributed by atoms with Crippen LogP contribution in [0.4, 0.5) is 0 Å². The van der Waals surface area contributed by atoms with Crippen molar-refractivity contribution in [2.75, 3.05) is 24.3 Å². The molecule has 29 heavy (non-hydrogen) atoms. The van der Waals surface area contributed by atoms with E-state index >= 15 is 0 Å². The lowest BCUT2D eigenvalue weighted by Gasteiger charge is -2.30. The summed E-state index contributed by atoms with van der Waals surface area (Å²) in [5.41, 5.74) is 0. The molecule has 0 nitrogen and oxygen atoms in total. The van der Waals surface area contributed by atoms with E-state index in [1.165, 1.54) is 96.3 Å². The fraction of sp³-hybridized carbons (Fsp3) is 1.00. The predicted octanol–water partition coefficient (Wildman–Crippen LogP) is 10.1. The molecule has 0 aromatic carbocycles. The van der Waals surface area contributed by atoms with E-state index in [0.29, 0.717) is 0 Å². The largest absolute Gasteiger partial charge is 0.0760 e. The highest BCUT2D eigenvalue weighted by Gasteiger charge is 2.36. The third-order valence-electron chi connectivity index (χ3n) is 6.71. The fourth-order valence-corrected chi connectivity index (χ4v) is 16.8. The normalized spacial score (nSPS) is 12.2. The second-order valence-corrected chi connectivity index (χ2v) is 18.7. The van der Waals surface area contributed by atoms with Gasteiger partial charge in [-0.3, -0.25) is 0 Å². The first-order chi connectivity index (χ1) is 14.1. The monoisotopic (exact) mass is 443 g/mol. The number of rotatable bonds is 23. The summed E-state index contributed by atoms with van der Waals surface area (Å²) in [6, 6.07) is 0. The molecule has 0 aromatic rings. The Kier molecular flexibility index (Phi) is 22.4. The van der Waals surface area contributed by atoms with Gasteiger partial charge in [0.1, 0.15) is 0 Å². The molecule has 0 saturated heterocycles. The van der Waals surface area contributed by atoms with Gasteiger partial charge in [0, 0.05) is 13.0 Å². The minimum absolute atomic E-state index is 0.456. The van der Waals surface area contributed by atoms with Crippen LogP contribution in [0.15, 0.2) is 0 Å². The molecule has 0 aliphatic carbocycles. The molecule has 0 unspecified atom stereocenters. The molecule has 0 fully saturated rings. The van der Waals surface area contributed by atoms with Gasteiger partial charge in [-0.15, -0.1) is 0 Å². The third-order valence-corrected chi connectivity index (χ3v) is 16.5. The molecule has 0 aliphatic rings. The molecule has 0 heterocycles. The summed E-state index contributed by atoms with van der Waals surface area (Å²) in [6.45, 7) is 12.3. The average molecular weight is 444 g/mol. The van der Waals surface area contributed by atoms with Crippen LogP contribution >= 0.6 is 7.26 Å². The van der Waals surface area contributed by atoms with E-state index in [0.717, 1.165) is 0 Å². The van der Waals surface area contributed by atoms with Gasteiger partial charge in [0.2, 0.25) is 0 Å². The van der Waals surface area contributed by atoms with E-state index < -0.39 is 16.1 Å². The summed E-state index contributed by atoms with van der Waals surface area (Å²) >= 11 is 0. The lowest BCUT2D eigenvalue weighted by molar-refractivity contribution is 0.616. The Hall–Kier alpha value is 0.647. The van der Waals surface area contributed by atoms with Crippen LogP contribution in [0.2, 0.25) is 13.1 Å². The van der Waals surface area contributed by atoms with Crippen molar-refractivity contribution >= 4 is 16.1 Å². The summed E-state index contributed by atoms with van der Waals surface area (Å²) in [5, 5.41) is 0. The van der Waals surface area contributed by atoms with Gasteiger partial charge in [-0.25, -0.2) is 0 Å². The first-order valence-electron chi connectivity index (χ1n) is 13.9. The van der Waals surface area contributed by atoms with E-state index in [4.69, 9.17) is 0 Å². The van der Waals surface area contributed by atoms with Crippen molar-refractivity contribution in [1.29, 1.82) is 0 Å². The molecule has 176 valence electrons. The van der Waals surface area contributed by atoms with Crippen LogP contribution in [-0.2, 0) is 0 Å². The highest BCUT2D eigenvalue weighted by molar-refractivity contribution is 7.77. The van der Waals surface area contributed by atoms with E-state index in [1.54, 1.807) is 43.5 Å². The van der Waals surface area contributed by atoms with Gasteiger partial charge in [-0.1, -0.05) is 111 Å². The summed E-state index contributed by atoms with van der Waals surface area (Å²) in [4.78, 5) is 0. The quantitative estimate of drug-likeness (QED) is 0.0836.